The van der Waals surface area contributed by atoms with Gasteiger partial charge in [-0.25, -0.2) is 8.78 Å². The number of benzene rings is 1. The van der Waals surface area contributed by atoms with Crippen LogP contribution in [-0.2, 0) is 17.6 Å². The topological polar surface area (TPSA) is 30.0 Å². The Bertz CT molecular complexity index is 535. The number of ketones is 1. The highest BCUT2D eigenvalue weighted by Crippen LogP contribution is 2.10. The van der Waals surface area contributed by atoms with E-state index >= 15 is 0 Å². The number of nitrogens with zero attached hydrogens (tertiary/aromatic N) is 1. The molecule has 4 heteroatoms. The number of aromatic nitrogens is 1. The summed E-state index contributed by atoms with van der Waals surface area (Å²) in [5.41, 5.74) is 1.14. The number of halogens is 2. The lowest BCUT2D eigenvalue weighted by Crippen LogP contribution is -2.07. The molecule has 2 nitrogen and oxygen atoms in total. The summed E-state index contributed by atoms with van der Waals surface area (Å²) < 4.78 is 25.9. The fourth-order valence-corrected chi connectivity index (χ4v) is 1.73. The van der Waals surface area contributed by atoms with Gasteiger partial charge in [-0.15, -0.1) is 0 Å². The smallest absolute Gasteiger partial charge is 0.141 e. The van der Waals surface area contributed by atoms with Crippen molar-refractivity contribution in [1.29, 1.82) is 0 Å². The van der Waals surface area contributed by atoms with E-state index in [9.17, 15) is 13.6 Å². The van der Waals surface area contributed by atoms with Gasteiger partial charge in [-0.05, 0) is 29.3 Å². The van der Waals surface area contributed by atoms with Gasteiger partial charge >= 0.3 is 0 Å². The molecule has 0 fully saturated rings. The Balaban J connectivity index is 2.03. The van der Waals surface area contributed by atoms with E-state index in [2.05, 4.69) is 4.98 Å². The SMILES string of the molecule is O=C(Cc1cccnc1)Cc1cc(F)cc(F)c1. The third-order valence-electron chi connectivity index (χ3n) is 2.45. The molecule has 0 radical (unpaired) electrons. The van der Waals surface area contributed by atoms with Crippen LogP contribution in [0, 0.1) is 11.6 Å². The Hall–Kier alpha value is -2.10. The van der Waals surface area contributed by atoms with Crippen molar-refractivity contribution >= 4 is 5.78 Å². The standard InChI is InChI=1S/C14H11F2NO/c15-12-4-11(5-13(16)8-12)7-14(18)6-10-2-1-3-17-9-10/h1-5,8-9H,6-7H2. The molecule has 0 saturated carbocycles. The van der Waals surface area contributed by atoms with Crippen molar-refractivity contribution < 1.29 is 13.6 Å². The molecule has 1 aromatic heterocycles. The summed E-state index contributed by atoms with van der Waals surface area (Å²) in [5.74, 6) is -1.44. The van der Waals surface area contributed by atoms with Gasteiger partial charge in [0.15, 0.2) is 0 Å². The zero-order valence-electron chi connectivity index (χ0n) is 9.57. The summed E-state index contributed by atoms with van der Waals surface area (Å²) in [6, 6.07) is 6.66. The first-order valence-electron chi connectivity index (χ1n) is 5.49. The second-order valence-corrected chi connectivity index (χ2v) is 4.03. The summed E-state index contributed by atoms with van der Waals surface area (Å²) >= 11 is 0. The molecule has 1 heterocycles. The summed E-state index contributed by atoms with van der Waals surface area (Å²) in [6.45, 7) is 0. The van der Waals surface area contributed by atoms with Crippen molar-refractivity contribution in [2.45, 2.75) is 12.8 Å². The molecule has 0 bridgehead atoms. The van der Waals surface area contributed by atoms with Crippen molar-refractivity contribution in [2.75, 3.05) is 0 Å². The lowest BCUT2D eigenvalue weighted by Gasteiger charge is -2.02. The maximum absolute atomic E-state index is 12.9. The van der Waals surface area contributed by atoms with Gasteiger partial charge in [0, 0.05) is 31.3 Å². The summed E-state index contributed by atoms with van der Waals surface area (Å²) in [7, 11) is 0. The van der Waals surface area contributed by atoms with Gasteiger partial charge < -0.3 is 0 Å². The second kappa shape index (κ2) is 5.49. The van der Waals surface area contributed by atoms with Crippen LogP contribution in [0.2, 0.25) is 0 Å². The van der Waals surface area contributed by atoms with Crippen molar-refractivity contribution in [3.8, 4) is 0 Å². The molecule has 0 atom stereocenters. The van der Waals surface area contributed by atoms with Gasteiger partial charge in [0.25, 0.3) is 0 Å². The number of rotatable bonds is 4. The molecule has 0 unspecified atom stereocenters. The van der Waals surface area contributed by atoms with Crippen molar-refractivity contribution in [1.82, 2.24) is 4.98 Å². The van der Waals surface area contributed by atoms with Crippen LogP contribution >= 0.6 is 0 Å². The minimum Gasteiger partial charge on any atom is -0.299 e. The number of Topliss-reactive ketones (excluding diaryl/α,β-unsaturated/α-hetero) is 1. The fraction of sp³-hybridized carbons (Fsp3) is 0.143. The van der Waals surface area contributed by atoms with Crippen LogP contribution in [0.15, 0.2) is 42.7 Å². The minimum absolute atomic E-state index is 0.0174. The predicted molar refractivity (Wildman–Crippen MR) is 63.0 cm³/mol. The summed E-state index contributed by atoms with van der Waals surface area (Å²) in [6.07, 6.45) is 3.45. The average Bonchev–Trinajstić information content (AvgIpc) is 2.28. The fourth-order valence-electron chi connectivity index (χ4n) is 1.73. The third-order valence-corrected chi connectivity index (χ3v) is 2.45. The van der Waals surface area contributed by atoms with Crippen LogP contribution in [-0.4, -0.2) is 10.8 Å². The van der Waals surface area contributed by atoms with Crippen LogP contribution in [0.3, 0.4) is 0 Å². The Kier molecular flexibility index (Phi) is 3.77. The van der Waals surface area contributed by atoms with Crippen LogP contribution in [0.5, 0.6) is 0 Å². The van der Waals surface area contributed by atoms with Gasteiger partial charge in [-0.3, -0.25) is 9.78 Å². The molecule has 0 amide bonds. The number of hydrogen-bond acceptors (Lipinski definition) is 2. The van der Waals surface area contributed by atoms with E-state index in [1.165, 1.54) is 12.1 Å². The molecule has 2 rings (SSSR count). The van der Waals surface area contributed by atoms with Crippen molar-refractivity contribution in [3.05, 3.63) is 65.5 Å². The first-order chi connectivity index (χ1) is 8.63. The molecule has 92 valence electrons. The zero-order valence-corrected chi connectivity index (χ0v) is 9.57. The maximum Gasteiger partial charge on any atom is 0.141 e. The van der Waals surface area contributed by atoms with Gasteiger partial charge in [-0.1, -0.05) is 6.07 Å². The maximum atomic E-state index is 12.9. The minimum atomic E-state index is -0.667. The number of hydrogen-bond donors (Lipinski definition) is 0. The number of carbonyl (C=O) groups excluding carboxylic acids is 1. The van der Waals surface area contributed by atoms with Crippen LogP contribution in [0.25, 0.3) is 0 Å². The molecular formula is C14H11F2NO. The lowest BCUT2D eigenvalue weighted by molar-refractivity contribution is -0.117. The van der Waals surface area contributed by atoms with Gasteiger partial charge in [0.1, 0.15) is 17.4 Å². The Morgan fingerprint density at radius 1 is 1.06 bits per heavy atom. The van der Waals surface area contributed by atoms with Crippen LogP contribution in [0.4, 0.5) is 8.78 Å². The van der Waals surface area contributed by atoms with Gasteiger partial charge in [0.05, 0.1) is 0 Å². The summed E-state index contributed by atoms with van der Waals surface area (Å²) in [4.78, 5) is 15.6. The molecule has 1 aromatic carbocycles. The highest BCUT2D eigenvalue weighted by molar-refractivity contribution is 5.83. The Morgan fingerprint density at radius 3 is 2.33 bits per heavy atom. The van der Waals surface area contributed by atoms with Gasteiger partial charge in [0.2, 0.25) is 0 Å². The second-order valence-electron chi connectivity index (χ2n) is 4.03. The first kappa shape index (κ1) is 12.4. The van der Waals surface area contributed by atoms with E-state index in [0.29, 0.717) is 5.56 Å². The monoisotopic (exact) mass is 247 g/mol. The molecule has 18 heavy (non-hydrogen) atoms. The lowest BCUT2D eigenvalue weighted by atomic mass is 10.0. The highest BCUT2D eigenvalue weighted by Gasteiger charge is 2.07. The largest absolute Gasteiger partial charge is 0.299 e. The van der Waals surface area contributed by atoms with E-state index in [1.807, 2.05) is 0 Å². The third kappa shape index (κ3) is 3.45. The molecule has 0 N–H and O–H groups in total. The number of carbonyl (C=O) groups is 1. The average molecular weight is 247 g/mol. The van der Waals surface area contributed by atoms with Crippen LogP contribution < -0.4 is 0 Å². The molecule has 2 aromatic rings. The van der Waals surface area contributed by atoms with E-state index in [0.717, 1.165) is 11.6 Å². The normalized spacial score (nSPS) is 10.3. The van der Waals surface area contributed by atoms with Gasteiger partial charge in [-0.2, -0.15) is 0 Å². The zero-order chi connectivity index (χ0) is 13.0. The molecular weight excluding hydrogens is 236 g/mol. The summed E-state index contributed by atoms with van der Waals surface area (Å²) in [5, 5.41) is 0. The predicted octanol–water partition coefficient (Wildman–Crippen LogP) is 2.71. The van der Waals surface area contributed by atoms with Crippen molar-refractivity contribution in [2.24, 2.45) is 0 Å². The molecule has 0 aliphatic carbocycles. The van der Waals surface area contributed by atoms with Crippen molar-refractivity contribution in [3.63, 3.8) is 0 Å². The van der Waals surface area contributed by atoms with Crippen LogP contribution in [0.1, 0.15) is 11.1 Å². The number of pyridine rings is 1. The Morgan fingerprint density at radius 2 is 1.72 bits per heavy atom. The molecule has 0 saturated heterocycles. The molecule has 0 aliphatic rings. The van der Waals surface area contributed by atoms with E-state index in [-0.39, 0.29) is 18.6 Å². The first-order valence-corrected chi connectivity index (χ1v) is 5.49. The van der Waals surface area contributed by atoms with E-state index in [4.69, 9.17) is 0 Å². The van der Waals surface area contributed by atoms with E-state index < -0.39 is 11.6 Å². The quantitative estimate of drug-likeness (QED) is 0.831. The molecule has 0 aliphatic heterocycles. The van der Waals surface area contributed by atoms with E-state index in [1.54, 1.807) is 24.5 Å². The Labute approximate surface area is 103 Å². The highest BCUT2D eigenvalue weighted by atomic mass is 19.1. The molecule has 0 spiro atoms.